The molecule has 0 spiro atoms. The largest absolute Gasteiger partial charge is 0.462 e. The zero-order valence-electron chi connectivity index (χ0n) is 72.8. The molecule has 0 aliphatic carbocycles. The lowest BCUT2D eigenvalue weighted by Crippen LogP contribution is -2.40. The van der Waals surface area contributed by atoms with Crippen molar-refractivity contribution in [3.8, 4) is 0 Å². The van der Waals surface area contributed by atoms with Crippen molar-refractivity contribution in [2.45, 2.75) is 52.2 Å². The smallest absolute Gasteiger partial charge is 0.338 e. The summed E-state index contributed by atoms with van der Waals surface area (Å²) in [7, 11) is -19.0. The number of amides is 5. The summed E-state index contributed by atoms with van der Waals surface area (Å²) < 4.78 is 162. The maximum absolute atomic E-state index is 13.2. The Kier molecular flexibility index (Phi) is 38.5. The van der Waals surface area contributed by atoms with Crippen molar-refractivity contribution < 1.29 is 110 Å². The Morgan fingerprint density at radius 2 is 0.800 bits per heavy atom. The van der Waals surface area contributed by atoms with E-state index in [0.29, 0.717) is 92.2 Å². The number of hydrogen-bond acceptors (Lipinski definition) is 25. The normalized spacial score (nSPS) is 12.9. The summed E-state index contributed by atoms with van der Waals surface area (Å²) in [6.45, 7) is 9.36. The van der Waals surface area contributed by atoms with E-state index in [-0.39, 0.29) is 108 Å². The number of esters is 1. The van der Waals surface area contributed by atoms with E-state index in [4.69, 9.17) is 36.0 Å². The van der Waals surface area contributed by atoms with Crippen LogP contribution in [-0.4, -0.2) is 213 Å². The van der Waals surface area contributed by atoms with Gasteiger partial charge in [-0.3, -0.25) is 48.9 Å². The molecule has 37 nitrogen and oxygen atoms in total. The predicted octanol–water partition coefficient (Wildman–Crippen LogP) is 12.6. The molecule has 0 aromatic heterocycles. The number of carbonyl (C=O) groups excluding carboxylic acids is 6. The number of aliphatic hydroxyl groups excluding tert-OH is 2. The molecule has 0 unspecified atom stereocenters. The van der Waals surface area contributed by atoms with E-state index in [1.54, 1.807) is 87.5 Å². The number of nitrogens with one attached hydrogen (secondary N) is 6. The first-order valence-corrected chi connectivity index (χ1v) is 48.7. The number of carbonyl (C=O) groups is 6. The molecule has 2 aliphatic rings. The van der Waals surface area contributed by atoms with Crippen LogP contribution in [0.2, 0.25) is 5.02 Å². The van der Waals surface area contributed by atoms with Crippen LogP contribution in [-0.2, 0) is 64.3 Å². The van der Waals surface area contributed by atoms with Crippen molar-refractivity contribution in [2.75, 3.05) is 130 Å². The van der Waals surface area contributed by atoms with Gasteiger partial charge >= 0.3 is 5.97 Å². The minimum Gasteiger partial charge on any atom is -0.462 e. The molecule has 712 valence electrons. The third-order valence-electron chi connectivity index (χ3n) is 19.5. The Balaban J connectivity index is 0.000000190. The first-order chi connectivity index (χ1) is 64.3. The molecule has 0 atom stereocenters. The fourth-order valence-corrected chi connectivity index (χ4v) is 20.1. The minimum atomic E-state index is -4.01. The highest BCUT2D eigenvalue weighted by Crippen LogP contribution is 2.30. The van der Waals surface area contributed by atoms with E-state index in [9.17, 15) is 95.5 Å². The number of benzene rings is 11. The van der Waals surface area contributed by atoms with Crippen molar-refractivity contribution in [1.29, 1.82) is 0 Å². The molecular weight excluding hydrogens is 1880 g/mol. The van der Waals surface area contributed by atoms with E-state index in [1.807, 2.05) is 25.1 Å². The molecule has 2 heterocycles. The molecule has 0 radical (unpaired) electrons. The Bertz CT molecular complexity index is 6660. The summed E-state index contributed by atoms with van der Waals surface area (Å²) in [5.41, 5.74) is 4.25. The second kappa shape index (κ2) is 49.5. The lowest BCUT2D eigenvalue weighted by atomic mass is 10.2. The first-order valence-electron chi connectivity index (χ1n) is 41.1. The van der Waals surface area contributed by atoms with Crippen molar-refractivity contribution in [3.05, 3.63) is 337 Å². The van der Waals surface area contributed by atoms with Crippen molar-refractivity contribution in [3.63, 3.8) is 0 Å². The van der Waals surface area contributed by atoms with Crippen LogP contribution in [0.4, 0.5) is 49.9 Å². The number of nitrogens with zero attached hydrogens (tertiary/aromatic N) is 6. The van der Waals surface area contributed by atoms with Gasteiger partial charge in [-0.2, -0.15) is 17.2 Å². The summed E-state index contributed by atoms with van der Waals surface area (Å²) in [5.74, 6) is -3.45. The minimum absolute atomic E-state index is 0.0387. The van der Waals surface area contributed by atoms with Gasteiger partial charge in [0.1, 0.15) is 10.7 Å². The lowest BCUT2D eigenvalue weighted by Gasteiger charge is -2.26. The molecule has 0 bridgehead atoms. The molecule has 13 rings (SSSR count). The standard InChI is InChI=1S/C20H21ClN2O6S.C19H15N3O5S.C18H20N2O4S.C17H19FN2O3S.C17H19N3O7S/c1-2-29-20(25)14-3-6-16(7-4-14)22-19(24)15-5-8-17(21)18(13-15)30(26,27)23-9-11-28-12-10-23;23-19(20-16-9-5-10-17(13-16)22(24)25)14-6-4-11-18(12-14)28(26,27)21-15-7-2-1-3-8-15;1-14-4-2-6-16(12-14)19-18(21)15-5-3-7-17(13-15)25(22,23)20-8-10-24-11-9-20;1-3-20(4-2)24(22,23)16-10-5-7-13(11-16)17(21)19-15-9-6-8-14(18)12-15;21-10-8-19(9-11-22)28(26,27)16-3-1-2-13(12-16)17(23)18-14-4-6-15(7-5-14)20(24)25/h3-8,13H,2,9-12H2,1H3,(H,22,24);1-13,21H,(H,20,23);2-7,12-13H,8-11H2,1H3,(H,19,21);5-12H,3-4H2,1-2H3,(H,19,21);1-7,12,21-22H,8-11H2,(H,18,23). The molecule has 11 aromatic rings. The van der Waals surface area contributed by atoms with E-state index < -0.39 is 109 Å². The molecule has 2 aliphatic heterocycles. The number of sulfonamides is 5. The third-order valence-corrected chi connectivity index (χ3v) is 29.0. The second-order valence-corrected chi connectivity index (χ2v) is 38.6. The van der Waals surface area contributed by atoms with Crippen LogP contribution in [0.5, 0.6) is 0 Å². The average molecular weight is 1970 g/mol. The molecule has 8 N–H and O–H groups in total. The summed E-state index contributed by atoms with van der Waals surface area (Å²) in [4.78, 5) is 94.0. The Hall–Kier alpha value is -13.5. The van der Waals surface area contributed by atoms with Gasteiger partial charge in [-0.25, -0.2) is 51.3 Å². The Labute approximate surface area is 783 Å². The van der Waals surface area contributed by atoms with Gasteiger partial charge in [-0.15, -0.1) is 0 Å². The molecule has 0 saturated carbocycles. The highest BCUT2D eigenvalue weighted by Gasteiger charge is 2.32. The number of para-hydroxylation sites is 1. The van der Waals surface area contributed by atoms with Crippen LogP contribution in [0.3, 0.4) is 0 Å². The van der Waals surface area contributed by atoms with Crippen LogP contribution >= 0.6 is 11.6 Å². The summed E-state index contributed by atoms with van der Waals surface area (Å²) in [6, 6.07) is 64.9. The van der Waals surface area contributed by atoms with Gasteiger partial charge in [0.05, 0.1) is 86.3 Å². The molecule has 2 saturated heterocycles. The third kappa shape index (κ3) is 30.0. The second-order valence-electron chi connectivity index (χ2n) is 28.8. The number of ether oxygens (including phenoxy) is 3. The number of aliphatic hydroxyl groups is 2. The Morgan fingerprint density at radius 1 is 0.415 bits per heavy atom. The zero-order chi connectivity index (χ0) is 98.2. The maximum Gasteiger partial charge on any atom is 0.338 e. The summed E-state index contributed by atoms with van der Waals surface area (Å²) >= 11 is 6.13. The topological polar surface area (TPSA) is 513 Å². The number of halogens is 2. The number of aryl methyl sites for hydroxylation is 1. The highest BCUT2D eigenvalue weighted by atomic mass is 35.5. The fraction of sp³-hybridized carbons (Fsp3) is 0.209. The van der Waals surface area contributed by atoms with E-state index in [0.717, 1.165) is 9.87 Å². The van der Waals surface area contributed by atoms with Crippen molar-refractivity contribution in [2.24, 2.45) is 0 Å². The highest BCUT2D eigenvalue weighted by molar-refractivity contribution is 7.92. The maximum atomic E-state index is 13.2. The van der Waals surface area contributed by atoms with Crippen LogP contribution in [0.25, 0.3) is 0 Å². The number of nitro groups is 2. The number of non-ortho nitro benzene ring substituents is 2. The quantitative estimate of drug-likeness (QED) is 0.0114. The molecule has 135 heavy (non-hydrogen) atoms. The molecule has 5 amide bonds. The van der Waals surface area contributed by atoms with Gasteiger partial charge in [0, 0.05) is 139 Å². The van der Waals surface area contributed by atoms with Crippen molar-refractivity contribution >= 4 is 143 Å². The first kappa shape index (κ1) is 105. The van der Waals surface area contributed by atoms with Gasteiger partial charge in [0.15, 0.2) is 0 Å². The number of rotatable bonds is 31. The van der Waals surface area contributed by atoms with Crippen LogP contribution < -0.4 is 31.3 Å². The van der Waals surface area contributed by atoms with Crippen LogP contribution in [0, 0.1) is 33.0 Å². The van der Waals surface area contributed by atoms with Crippen molar-refractivity contribution in [1.82, 2.24) is 17.2 Å². The fourth-order valence-electron chi connectivity index (χ4n) is 12.6. The summed E-state index contributed by atoms with van der Waals surface area (Å²) in [5, 5.41) is 52.7. The molecule has 44 heteroatoms. The van der Waals surface area contributed by atoms with E-state index in [1.165, 1.54) is 195 Å². The summed E-state index contributed by atoms with van der Waals surface area (Å²) in [6.07, 6.45) is 0. The van der Waals surface area contributed by atoms with Gasteiger partial charge in [0.25, 0.3) is 50.9 Å². The van der Waals surface area contributed by atoms with Crippen LogP contribution in [0.1, 0.15) is 88.5 Å². The number of nitro benzene ring substituents is 2. The molecule has 2 fully saturated rings. The SMILES string of the molecule is CCN(CC)S(=O)(=O)c1cccc(C(=O)Nc2cccc(F)c2)c1.CCOC(=O)c1ccc(NC(=O)c2ccc(Cl)c(S(=O)(=O)N3CCOCC3)c2)cc1.Cc1cccc(NC(=O)c2cccc(S(=O)(=O)N3CCOCC3)c2)c1.O=C(Nc1ccc([N+](=O)[O-])cc1)c1cccc(S(=O)(=O)N(CCO)CCO)c1.O=C(Nc1cccc([N+](=O)[O-])c1)c1cccc(S(=O)(=O)Nc2ccccc2)c1. The van der Waals surface area contributed by atoms with Gasteiger partial charge in [-0.1, -0.05) is 92.2 Å². The number of morpholine rings is 2. The van der Waals surface area contributed by atoms with E-state index in [2.05, 4.69) is 31.3 Å². The number of anilines is 6. The van der Waals surface area contributed by atoms with Gasteiger partial charge in [0.2, 0.25) is 40.1 Å². The van der Waals surface area contributed by atoms with Gasteiger partial charge < -0.3 is 51.0 Å². The monoisotopic (exact) mass is 1970 g/mol. The zero-order valence-corrected chi connectivity index (χ0v) is 77.6. The average Bonchev–Trinajstić information content (AvgIpc) is 0.787. The lowest BCUT2D eigenvalue weighted by molar-refractivity contribution is -0.385. The van der Waals surface area contributed by atoms with E-state index >= 15 is 0 Å². The van der Waals surface area contributed by atoms with Crippen LogP contribution in [0.15, 0.2) is 291 Å². The molecular formula is C91H94ClFN12O25S5. The Morgan fingerprint density at radius 3 is 1.26 bits per heavy atom. The van der Waals surface area contributed by atoms with Gasteiger partial charge in [-0.05, 0) is 195 Å². The number of hydrogen-bond donors (Lipinski definition) is 8. The predicted molar refractivity (Wildman–Crippen MR) is 503 cm³/mol. The molecule has 11 aromatic carbocycles.